The Kier molecular flexibility index (Phi) is 6.78. The molecular weight excluding hydrogens is 376 g/mol. The summed E-state index contributed by atoms with van der Waals surface area (Å²) >= 11 is 0. The van der Waals surface area contributed by atoms with E-state index in [9.17, 15) is 18.3 Å². The van der Waals surface area contributed by atoms with Gasteiger partial charge in [-0.2, -0.15) is 4.31 Å². The molecule has 1 saturated carbocycles. The van der Waals surface area contributed by atoms with Crippen molar-refractivity contribution in [3.05, 3.63) is 29.8 Å². The first-order valence-corrected chi connectivity index (χ1v) is 11.8. The van der Waals surface area contributed by atoms with Gasteiger partial charge < -0.3 is 10.4 Å². The van der Waals surface area contributed by atoms with Crippen LogP contribution in [0.1, 0.15) is 63.9 Å². The number of nitrogens with zero attached hydrogens (tertiary/aromatic N) is 1. The number of aliphatic hydroxyl groups excluding tert-OH is 1. The van der Waals surface area contributed by atoms with Crippen LogP contribution in [0.15, 0.2) is 29.2 Å². The summed E-state index contributed by atoms with van der Waals surface area (Å²) in [4.78, 5) is 12.9. The Hall–Kier alpha value is -1.44. The van der Waals surface area contributed by atoms with E-state index in [4.69, 9.17) is 0 Å². The second-order valence-electron chi connectivity index (χ2n) is 8.42. The third-order valence-electron chi connectivity index (χ3n) is 6.05. The van der Waals surface area contributed by atoms with E-state index in [2.05, 4.69) is 19.2 Å². The van der Waals surface area contributed by atoms with Gasteiger partial charge in [-0.15, -0.1) is 0 Å². The SMILES string of the molecule is CC(C)c1ccc(S(=O)(=O)N2CCC(C(=O)NC3CCC(O)CC3)CC2)cc1. The molecule has 2 aliphatic rings. The number of hydrogen-bond acceptors (Lipinski definition) is 4. The first kappa shape index (κ1) is 21.3. The van der Waals surface area contributed by atoms with Crippen LogP contribution in [0.4, 0.5) is 0 Å². The maximum absolute atomic E-state index is 12.9. The molecule has 1 amide bonds. The predicted octanol–water partition coefficient (Wildman–Crippen LogP) is 2.63. The minimum atomic E-state index is -3.51. The quantitative estimate of drug-likeness (QED) is 0.784. The fourth-order valence-electron chi connectivity index (χ4n) is 4.07. The van der Waals surface area contributed by atoms with Gasteiger partial charge in [-0.25, -0.2) is 8.42 Å². The van der Waals surface area contributed by atoms with Crippen LogP contribution in [0.25, 0.3) is 0 Å². The number of carbonyl (C=O) groups is 1. The number of sulfonamides is 1. The van der Waals surface area contributed by atoms with E-state index >= 15 is 0 Å². The molecule has 0 atom stereocenters. The van der Waals surface area contributed by atoms with Gasteiger partial charge >= 0.3 is 0 Å². The van der Waals surface area contributed by atoms with Gasteiger partial charge in [0.2, 0.25) is 15.9 Å². The lowest BCUT2D eigenvalue weighted by atomic mass is 9.91. The summed E-state index contributed by atoms with van der Waals surface area (Å²) in [6.07, 6.45) is 3.94. The number of amides is 1. The molecule has 28 heavy (non-hydrogen) atoms. The summed E-state index contributed by atoms with van der Waals surface area (Å²) in [6.45, 7) is 4.90. The van der Waals surface area contributed by atoms with Gasteiger partial charge in [0.05, 0.1) is 11.0 Å². The molecular formula is C21H32N2O4S. The van der Waals surface area contributed by atoms with Crippen LogP contribution in [0, 0.1) is 5.92 Å². The average molecular weight is 409 g/mol. The molecule has 2 N–H and O–H groups in total. The predicted molar refractivity (Wildman–Crippen MR) is 108 cm³/mol. The number of carbonyl (C=O) groups excluding carboxylic acids is 1. The van der Waals surface area contributed by atoms with Gasteiger partial charge in [0.25, 0.3) is 0 Å². The third kappa shape index (κ3) is 4.93. The molecule has 0 bridgehead atoms. The summed E-state index contributed by atoms with van der Waals surface area (Å²) in [7, 11) is -3.51. The van der Waals surface area contributed by atoms with Gasteiger partial charge in [-0.1, -0.05) is 26.0 Å². The minimum Gasteiger partial charge on any atom is -0.393 e. The normalized spacial score (nSPS) is 25.0. The fourth-order valence-corrected chi connectivity index (χ4v) is 5.54. The molecule has 1 aromatic carbocycles. The Bertz CT molecular complexity index is 760. The molecule has 6 nitrogen and oxygen atoms in total. The summed E-state index contributed by atoms with van der Waals surface area (Å²) < 4.78 is 27.3. The van der Waals surface area contributed by atoms with Gasteiger partial charge in [0, 0.05) is 25.0 Å². The number of benzene rings is 1. The standard InChI is InChI=1S/C21H32N2O4S/c1-15(2)16-3-9-20(10-4-16)28(26,27)23-13-11-17(12-14-23)21(25)22-18-5-7-19(24)8-6-18/h3-4,9-10,15,17-19,24H,5-8,11-14H2,1-2H3,(H,22,25). The largest absolute Gasteiger partial charge is 0.393 e. The molecule has 0 aromatic heterocycles. The van der Waals surface area contributed by atoms with E-state index in [0.29, 0.717) is 36.7 Å². The van der Waals surface area contributed by atoms with Crippen molar-refractivity contribution in [2.24, 2.45) is 5.92 Å². The van der Waals surface area contributed by atoms with E-state index in [-0.39, 0.29) is 24.0 Å². The smallest absolute Gasteiger partial charge is 0.243 e. The van der Waals surface area contributed by atoms with E-state index in [1.165, 1.54) is 4.31 Å². The number of aliphatic hydroxyl groups is 1. The summed E-state index contributed by atoms with van der Waals surface area (Å²) in [5, 5.41) is 12.7. The van der Waals surface area contributed by atoms with E-state index in [1.54, 1.807) is 12.1 Å². The highest BCUT2D eigenvalue weighted by Gasteiger charge is 2.33. The topological polar surface area (TPSA) is 86.7 Å². The zero-order chi connectivity index (χ0) is 20.3. The zero-order valence-corrected chi connectivity index (χ0v) is 17.6. The highest BCUT2D eigenvalue weighted by Crippen LogP contribution is 2.26. The molecule has 3 rings (SSSR count). The van der Waals surface area contributed by atoms with Crippen molar-refractivity contribution in [1.29, 1.82) is 0 Å². The maximum Gasteiger partial charge on any atom is 0.243 e. The Labute approximate surface area is 168 Å². The highest BCUT2D eigenvalue weighted by molar-refractivity contribution is 7.89. The minimum absolute atomic E-state index is 0.0275. The van der Waals surface area contributed by atoms with E-state index < -0.39 is 10.0 Å². The van der Waals surface area contributed by atoms with Crippen LogP contribution in [-0.4, -0.2) is 49.0 Å². The van der Waals surface area contributed by atoms with Crippen molar-refractivity contribution >= 4 is 15.9 Å². The second kappa shape index (κ2) is 8.93. The first-order chi connectivity index (χ1) is 13.3. The molecule has 1 saturated heterocycles. The molecule has 2 fully saturated rings. The average Bonchev–Trinajstić information content (AvgIpc) is 2.70. The lowest BCUT2D eigenvalue weighted by molar-refractivity contribution is -0.127. The van der Waals surface area contributed by atoms with Gasteiger partial charge in [-0.3, -0.25) is 4.79 Å². The van der Waals surface area contributed by atoms with Crippen molar-refractivity contribution in [2.45, 2.75) is 75.3 Å². The highest BCUT2D eigenvalue weighted by atomic mass is 32.2. The van der Waals surface area contributed by atoms with Crippen molar-refractivity contribution in [3.8, 4) is 0 Å². The molecule has 7 heteroatoms. The van der Waals surface area contributed by atoms with Crippen molar-refractivity contribution in [3.63, 3.8) is 0 Å². The van der Waals surface area contributed by atoms with Crippen molar-refractivity contribution < 1.29 is 18.3 Å². The molecule has 1 aliphatic heterocycles. The van der Waals surface area contributed by atoms with Gasteiger partial charge in [0.1, 0.15) is 0 Å². The van der Waals surface area contributed by atoms with Crippen LogP contribution in [0.5, 0.6) is 0 Å². The van der Waals surface area contributed by atoms with Crippen LogP contribution < -0.4 is 5.32 Å². The number of hydrogen-bond donors (Lipinski definition) is 2. The van der Waals surface area contributed by atoms with Crippen LogP contribution in [-0.2, 0) is 14.8 Å². The Morgan fingerprint density at radius 1 is 1.04 bits per heavy atom. The second-order valence-corrected chi connectivity index (χ2v) is 10.4. The number of piperidine rings is 1. The zero-order valence-electron chi connectivity index (χ0n) is 16.8. The maximum atomic E-state index is 12.9. The molecule has 156 valence electrons. The molecule has 1 heterocycles. The lowest BCUT2D eigenvalue weighted by Gasteiger charge is -2.32. The number of rotatable bonds is 5. The van der Waals surface area contributed by atoms with Gasteiger partial charge in [0.15, 0.2) is 0 Å². The van der Waals surface area contributed by atoms with E-state index in [0.717, 1.165) is 31.2 Å². The van der Waals surface area contributed by atoms with Crippen LogP contribution in [0.3, 0.4) is 0 Å². The summed E-state index contributed by atoms with van der Waals surface area (Å²) in [5.41, 5.74) is 1.12. The van der Waals surface area contributed by atoms with Gasteiger partial charge in [-0.05, 0) is 62.1 Å². The summed E-state index contributed by atoms with van der Waals surface area (Å²) in [5.74, 6) is 0.250. The molecule has 0 unspecified atom stereocenters. The fraction of sp³-hybridized carbons (Fsp3) is 0.667. The molecule has 0 radical (unpaired) electrons. The third-order valence-corrected chi connectivity index (χ3v) is 7.97. The Morgan fingerprint density at radius 3 is 2.14 bits per heavy atom. The Balaban J connectivity index is 1.54. The first-order valence-electron chi connectivity index (χ1n) is 10.4. The lowest BCUT2D eigenvalue weighted by Crippen LogP contribution is -2.46. The number of nitrogens with one attached hydrogen (secondary N) is 1. The van der Waals surface area contributed by atoms with E-state index in [1.807, 2.05) is 12.1 Å². The molecule has 1 aliphatic carbocycles. The summed E-state index contributed by atoms with van der Waals surface area (Å²) in [6, 6.07) is 7.25. The van der Waals surface area contributed by atoms with Crippen molar-refractivity contribution in [2.75, 3.05) is 13.1 Å². The van der Waals surface area contributed by atoms with Crippen LogP contribution in [0.2, 0.25) is 0 Å². The molecule has 0 spiro atoms. The van der Waals surface area contributed by atoms with Crippen LogP contribution >= 0.6 is 0 Å². The monoisotopic (exact) mass is 408 g/mol. The molecule has 1 aromatic rings. The Morgan fingerprint density at radius 2 is 1.61 bits per heavy atom. The van der Waals surface area contributed by atoms with Crippen molar-refractivity contribution in [1.82, 2.24) is 9.62 Å².